The smallest absolute Gasteiger partial charge is 0.0671 e. The van der Waals surface area contributed by atoms with Crippen LogP contribution in [-0.2, 0) is 0 Å². The molecular formula is C16H24BrN3. The fourth-order valence-electron chi connectivity index (χ4n) is 2.13. The summed E-state index contributed by atoms with van der Waals surface area (Å²) in [5.41, 5.74) is 2.40. The molecule has 1 rings (SSSR count). The van der Waals surface area contributed by atoms with E-state index in [1.807, 2.05) is 14.0 Å². The van der Waals surface area contributed by atoms with Crippen molar-refractivity contribution in [3.05, 3.63) is 28.2 Å². The van der Waals surface area contributed by atoms with Crippen molar-refractivity contribution in [1.82, 2.24) is 5.32 Å². The molecule has 0 aliphatic heterocycles. The third kappa shape index (κ3) is 4.81. The topological polar surface area (TPSA) is 39.1 Å². The Kier molecular flexibility index (Phi) is 7.04. The van der Waals surface area contributed by atoms with Crippen LogP contribution in [0, 0.1) is 17.2 Å². The van der Waals surface area contributed by atoms with E-state index < -0.39 is 0 Å². The zero-order valence-corrected chi connectivity index (χ0v) is 14.4. The number of nitriles is 1. The van der Waals surface area contributed by atoms with Gasteiger partial charge in [-0.2, -0.15) is 5.26 Å². The monoisotopic (exact) mass is 337 g/mol. The van der Waals surface area contributed by atoms with Crippen LogP contribution in [-0.4, -0.2) is 20.1 Å². The molecule has 0 radical (unpaired) electrons. The Balaban J connectivity index is 2.79. The third-order valence-corrected chi connectivity index (χ3v) is 4.05. The van der Waals surface area contributed by atoms with E-state index >= 15 is 0 Å². The molecule has 110 valence electrons. The Hall–Kier alpha value is -1.05. The number of halogens is 1. The molecule has 0 aliphatic rings. The number of hydrogen-bond acceptors (Lipinski definition) is 3. The molecule has 0 aromatic heterocycles. The maximum absolute atomic E-state index is 8.89. The van der Waals surface area contributed by atoms with Crippen LogP contribution in [0.3, 0.4) is 0 Å². The Bertz CT molecular complexity index is 467. The van der Waals surface area contributed by atoms with Crippen molar-refractivity contribution in [3.63, 3.8) is 0 Å². The standard InChI is InChI=1S/C16H24BrN3/c1-5-8-19-13(3)15-7-6-14(9-16(15)17)20(4)11-12(2)10-18/h6-7,9,12-13,19H,5,8,11H2,1-4H3. The van der Waals surface area contributed by atoms with Crippen molar-refractivity contribution in [2.24, 2.45) is 5.92 Å². The molecule has 2 unspecified atom stereocenters. The van der Waals surface area contributed by atoms with Gasteiger partial charge in [-0.15, -0.1) is 0 Å². The molecule has 4 heteroatoms. The minimum Gasteiger partial charge on any atom is -0.373 e. The highest BCUT2D eigenvalue weighted by Crippen LogP contribution is 2.28. The summed E-state index contributed by atoms with van der Waals surface area (Å²) in [5.74, 6) is 0.0311. The molecule has 1 aromatic carbocycles. The Morgan fingerprint density at radius 3 is 2.65 bits per heavy atom. The molecule has 3 nitrogen and oxygen atoms in total. The first-order valence-electron chi connectivity index (χ1n) is 7.13. The van der Waals surface area contributed by atoms with E-state index in [9.17, 15) is 0 Å². The summed E-state index contributed by atoms with van der Waals surface area (Å²) in [6.45, 7) is 8.05. The number of nitrogens with one attached hydrogen (secondary N) is 1. The molecule has 2 atom stereocenters. The van der Waals surface area contributed by atoms with Gasteiger partial charge in [0.1, 0.15) is 0 Å². The predicted molar refractivity (Wildman–Crippen MR) is 88.9 cm³/mol. The van der Waals surface area contributed by atoms with Crippen LogP contribution in [0.25, 0.3) is 0 Å². The van der Waals surface area contributed by atoms with Crippen molar-refractivity contribution in [1.29, 1.82) is 5.26 Å². The lowest BCUT2D eigenvalue weighted by molar-refractivity contribution is 0.569. The molecule has 1 aromatic rings. The van der Waals surface area contributed by atoms with Crippen LogP contribution < -0.4 is 10.2 Å². The summed E-state index contributed by atoms with van der Waals surface area (Å²) in [4.78, 5) is 2.12. The number of nitrogens with zero attached hydrogens (tertiary/aromatic N) is 2. The fraction of sp³-hybridized carbons (Fsp3) is 0.562. The highest BCUT2D eigenvalue weighted by atomic mass is 79.9. The van der Waals surface area contributed by atoms with Gasteiger partial charge >= 0.3 is 0 Å². The number of anilines is 1. The second kappa shape index (κ2) is 8.28. The minimum atomic E-state index is 0.0311. The van der Waals surface area contributed by atoms with Crippen LogP contribution in [0.1, 0.15) is 38.8 Å². The van der Waals surface area contributed by atoms with Crippen LogP contribution in [0.2, 0.25) is 0 Å². The van der Waals surface area contributed by atoms with Gasteiger partial charge in [0.05, 0.1) is 12.0 Å². The van der Waals surface area contributed by atoms with Gasteiger partial charge in [0.2, 0.25) is 0 Å². The third-order valence-electron chi connectivity index (χ3n) is 3.36. The summed E-state index contributed by atoms with van der Waals surface area (Å²) in [7, 11) is 2.02. The Morgan fingerprint density at radius 1 is 1.40 bits per heavy atom. The molecule has 0 saturated heterocycles. The molecule has 0 spiro atoms. The predicted octanol–water partition coefficient (Wildman–Crippen LogP) is 4.11. The normalized spacial score (nSPS) is 13.6. The average Bonchev–Trinajstić information content (AvgIpc) is 2.44. The van der Waals surface area contributed by atoms with E-state index in [0.717, 1.165) is 29.7 Å². The first-order valence-corrected chi connectivity index (χ1v) is 7.92. The average molecular weight is 338 g/mol. The summed E-state index contributed by atoms with van der Waals surface area (Å²) in [6, 6.07) is 9.01. The first-order chi connectivity index (χ1) is 9.49. The number of hydrogen-bond donors (Lipinski definition) is 1. The van der Waals surface area contributed by atoms with Crippen molar-refractivity contribution in [2.75, 3.05) is 25.0 Å². The summed E-state index contributed by atoms with van der Waals surface area (Å²) in [5, 5.41) is 12.4. The first kappa shape index (κ1) is 17.0. The molecule has 0 amide bonds. The van der Waals surface area contributed by atoms with Gasteiger partial charge < -0.3 is 10.2 Å². The zero-order chi connectivity index (χ0) is 15.1. The summed E-state index contributed by atoms with van der Waals surface area (Å²) < 4.78 is 1.11. The maximum Gasteiger partial charge on any atom is 0.0671 e. The molecule has 20 heavy (non-hydrogen) atoms. The highest BCUT2D eigenvalue weighted by Gasteiger charge is 2.11. The molecule has 0 bridgehead atoms. The van der Waals surface area contributed by atoms with Gasteiger partial charge in [0, 0.05) is 29.8 Å². The summed E-state index contributed by atoms with van der Waals surface area (Å²) in [6.07, 6.45) is 1.13. The summed E-state index contributed by atoms with van der Waals surface area (Å²) >= 11 is 3.66. The Morgan fingerprint density at radius 2 is 2.10 bits per heavy atom. The van der Waals surface area contributed by atoms with E-state index in [-0.39, 0.29) is 5.92 Å². The molecule has 0 saturated carbocycles. The molecule has 0 heterocycles. The van der Waals surface area contributed by atoms with E-state index in [1.165, 1.54) is 5.56 Å². The lowest BCUT2D eigenvalue weighted by atomic mass is 10.1. The van der Waals surface area contributed by atoms with E-state index in [1.54, 1.807) is 0 Å². The molecule has 0 aliphatic carbocycles. The van der Waals surface area contributed by atoms with Crippen LogP contribution in [0.15, 0.2) is 22.7 Å². The number of benzene rings is 1. The van der Waals surface area contributed by atoms with Gasteiger partial charge in [0.15, 0.2) is 0 Å². The van der Waals surface area contributed by atoms with Crippen molar-refractivity contribution in [3.8, 4) is 6.07 Å². The van der Waals surface area contributed by atoms with Gasteiger partial charge in [-0.1, -0.05) is 28.9 Å². The van der Waals surface area contributed by atoms with Crippen molar-refractivity contribution < 1.29 is 0 Å². The number of rotatable bonds is 7. The molecule has 1 N–H and O–H groups in total. The van der Waals surface area contributed by atoms with Gasteiger partial charge in [-0.3, -0.25) is 0 Å². The largest absolute Gasteiger partial charge is 0.373 e. The van der Waals surface area contributed by atoms with Gasteiger partial charge in [-0.05, 0) is 44.5 Å². The molecule has 0 fully saturated rings. The SMILES string of the molecule is CCCNC(C)c1ccc(N(C)CC(C)C#N)cc1Br. The lowest BCUT2D eigenvalue weighted by Gasteiger charge is -2.22. The van der Waals surface area contributed by atoms with Crippen LogP contribution >= 0.6 is 15.9 Å². The second-order valence-corrected chi connectivity index (χ2v) is 6.15. The maximum atomic E-state index is 8.89. The van der Waals surface area contributed by atoms with E-state index in [4.69, 9.17) is 5.26 Å². The minimum absolute atomic E-state index is 0.0311. The quantitative estimate of drug-likeness (QED) is 0.813. The van der Waals surface area contributed by atoms with Crippen molar-refractivity contribution >= 4 is 21.6 Å². The van der Waals surface area contributed by atoms with Gasteiger partial charge in [0.25, 0.3) is 0 Å². The van der Waals surface area contributed by atoms with Gasteiger partial charge in [-0.25, -0.2) is 0 Å². The zero-order valence-electron chi connectivity index (χ0n) is 12.8. The van der Waals surface area contributed by atoms with E-state index in [2.05, 4.69) is 64.3 Å². The molecular weight excluding hydrogens is 314 g/mol. The second-order valence-electron chi connectivity index (χ2n) is 5.29. The van der Waals surface area contributed by atoms with E-state index in [0.29, 0.717) is 6.04 Å². The lowest BCUT2D eigenvalue weighted by Crippen LogP contribution is -2.23. The fourth-order valence-corrected chi connectivity index (χ4v) is 2.84. The highest BCUT2D eigenvalue weighted by molar-refractivity contribution is 9.10. The Labute approximate surface area is 131 Å². The van der Waals surface area contributed by atoms with Crippen LogP contribution in [0.5, 0.6) is 0 Å². The van der Waals surface area contributed by atoms with Crippen molar-refractivity contribution in [2.45, 2.75) is 33.2 Å². The van der Waals surface area contributed by atoms with Crippen LogP contribution in [0.4, 0.5) is 5.69 Å².